The zero-order valence-corrected chi connectivity index (χ0v) is 15.9. The molecule has 28 heavy (non-hydrogen) atoms. The molecule has 8 heteroatoms. The van der Waals surface area contributed by atoms with Gasteiger partial charge in [-0.05, 0) is 51.0 Å². The van der Waals surface area contributed by atoms with Crippen LogP contribution in [0, 0.1) is 19.8 Å². The van der Waals surface area contributed by atoms with Crippen LogP contribution in [0.5, 0.6) is 0 Å². The third kappa shape index (κ3) is 4.39. The first kappa shape index (κ1) is 19.6. The number of rotatable bonds is 5. The van der Waals surface area contributed by atoms with Gasteiger partial charge in [0.25, 0.3) is 5.91 Å². The molecule has 0 atom stereocenters. The van der Waals surface area contributed by atoms with E-state index in [2.05, 4.69) is 10.5 Å². The quantitative estimate of drug-likeness (QED) is 0.817. The average molecular weight is 385 g/mol. The SMILES string of the molecule is Cc1noc(C)c1CC(=O)Nc1ccc(C(=O)N2CCC(C(=O)O)CC2)cc1. The summed E-state index contributed by atoms with van der Waals surface area (Å²) in [4.78, 5) is 37.5. The van der Waals surface area contributed by atoms with E-state index in [1.54, 1.807) is 43.0 Å². The number of benzene rings is 1. The van der Waals surface area contributed by atoms with Gasteiger partial charge in [0.15, 0.2) is 0 Å². The van der Waals surface area contributed by atoms with E-state index in [4.69, 9.17) is 9.63 Å². The number of aliphatic carboxylic acids is 1. The zero-order chi connectivity index (χ0) is 20.3. The van der Waals surface area contributed by atoms with Gasteiger partial charge in [0.2, 0.25) is 5.91 Å². The third-order valence-electron chi connectivity index (χ3n) is 5.07. The number of hydrogen-bond acceptors (Lipinski definition) is 5. The first-order valence-corrected chi connectivity index (χ1v) is 9.19. The summed E-state index contributed by atoms with van der Waals surface area (Å²) in [5.74, 6) is -0.870. The van der Waals surface area contributed by atoms with Crippen LogP contribution >= 0.6 is 0 Å². The number of nitrogens with one attached hydrogen (secondary N) is 1. The Hall–Kier alpha value is -3.16. The van der Waals surface area contributed by atoms with Gasteiger partial charge in [-0.3, -0.25) is 14.4 Å². The molecule has 8 nitrogen and oxygen atoms in total. The Kier molecular flexibility index (Phi) is 5.77. The van der Waals surface area contributed by atoms with E-state index in [0.29, 0.717) is 48.6 Å². The highest BCUT2D eigenvalue weighted by atomic mass is 16.5. The van der Waals surface area contributed by atoms with E-state index in [-0.39, 0.29) is 24.2 Å². The fourth-order valence-electron chi connectivity index (χ4n) is 3.33. The summed E-state index contributed by atoms with van der Waals surface area (Å²) >= 11 is 0. The van der Waals surface area contributed by atoms with Gasteiger partial charge in [0, 0.05) is 29.9 Å². The Labute approximate surface area is 162 Å². The molecule has 0 saturated carbocycles. The number of nitrogens with zero attached hydrogens (tertiary/aromatic N) is 2. The van der Waals surface area contributed by atoms with Gasteiger partial charge in [0.05, 0.1) is 18.0 Å². The molecule has 1 aliphatic rings. The highest BCUT2D eigenvalue weighted by Crippen LogP contribution is 2.20. The number of hydrogen-bond donors (Lipinski definition) is 2. The maximum absolute atomic E-state index is 12.6. The van der Waals surface area contributed by atoms with Crippen LogP contribution in [0.25, 0.3) is 0 Å². The number of carboxylic acids is 1. The minimum atomic E-state index is -0.802. The molecular weight excluding hydrogens is 362 g/mol. The summed E-state index contributed by atoms with van der Waals surface area (Å²) in [6.45, 7) is 4.43. The molecule has 0 radical (unpaired) electrons. The standard InChI is InChI=1S/C20H23N3O5/c1-12-17(13(2)28-22-12)11-18(24)21-16-5-3-14(4-6-16)19(25)23-9-7-15(8-10-23)20(26)27/h3-6,15H,7-11H2,1-2H3,(H,21,24)(H,26,27). The van der Waals surface area contributed by atoms with E-state index in [0.717, 1.165) is 5.56 Å². The molecule has 2 N–H and O–H groups in total. The van der Waals surface area contributed by atoms with E-state index in [1.807, 2.05) is 0 Å². The molecule has 0 unspecified atom stereocenters. The van der Waals surface area contributed by atoms with E-state index >= 15 is 0 Å². The summed E-state index contributed by atoms with van der Waals surface area (Å²) in [7, 11) is 0. The fourth-order valence-corrected chi connectivity index (χ4v) is 3.33. The Morgan fingerprint density at radius 3 is 2.36 bits per heavy atom. The molecule has 3 rings (SSSR count). The highest BCUT2D eigenvalue weighted by molar-refractivity contribution is 5.96. The third-order valence-corrected chi connectivity index (χ3v) is 5.07. The van der Waals surface area contributed by atoms with Crippen LogP contribution in [-0.4, -0.2) is 46.0 Å². The first-order valence-electron chi connectivity index (χ1n) is 9.19. The number of carboxylic acid groups (broad SMARTS) is 1. The van der Waals surface area contributed by atoms with Crippen molar-refractivity contribution in [3.05, 3.63) is 46.8 Å². The largest absolute Gasteiger partial charge is 0.481 e. The maximum atomic E-state index is 12.6. The number of piperidine rings is 1. The summed E-state index contributed by atoms with van der Waals surface area (Å²) in [5.41, 5.74) is 2.57. The molecule has 2 aromatic rings. The molecule has 1 aromatic carbocycles. The lowest BCUT2D eigenvalue weighted by Crippen LogP contribution is -2.40. The lowest BCUT2D eigenvalue weighted by Gasteiger charge is -2.30. The number of aryl methyl sites for hydroxylation is 2. The van der Waals surface area contributed by atoms with Crippen LogP contribution in [0.3, 0.4) is 0 Å². The molecule has 2 heterocycles. The van der Waals surface area contributed by atoms with Crippen LogP contribution < -0.4 is 5.32 Å². The molecule has 2 amide bonds. The van der Waals surface area contributed by atoms with Crippen molar-refractivity contribution in [3.8, 4) is 0 Å². The summed E-state index contributed by atoms with van der Waals surface area (Å²) in [6.07, 6.45) is 1.11. The zero-order valence-electron chi connectivity index (χ0n) is 15.9. The summed E-state index contributed by atoms with van der Waals surface area (Å²) in [6, 6.07) is 6.69. The summed E-state index contributed by atoms with van der Waals surface area (Å²) in [5, 5.41) is 15.7. The van der Waals surface area contributed by atoms with E-state index in [9.17, 15) is 14.4 Å². The van der Waals surface area contributed by atoms with Crippen molar-refractivity contribution in [1.29, 1.82) is 0 Å². The molecule has 148 valence electrons. The highest BCUT2D eigenvalue weighted by Gasteiger charge is 2.27. The van der Waals surface area contributed by atoms with Crippen LogP contribution in [-0.2, 0) is 16.0 Å². The monoisotopic (exact) mass is 385 g/mol. The average Bonchev–Trinajstić information content (AvgIpc) is 3.00. The molecular formula is C20H23N3O5. The van der Waals surface area contributed by atoms with Gasteiger partial charge in [-0.2, -0.15) is 0 Å². The second-order valence-corrected chi connectivity index (χ2v) is 7.01. The second kappa shape index (κ2) is 8.24. The van der Waals surface area contributed by atoms with Gasteiger partial charge in [-0.15, -0.1) is 0 Å². The van der Waals surface area contributed by atoms with E-state index in [1.165, 1.54) is 0 Å². The van der Waals surface area contributed by atoms with Crippen LogP contribution in [0.1, 0.15) is 40.2 Å². The minimum absolute atomic E-state index is 0.127. The van der Waals surface area contributed by atoms with E-state index < -0.39 is 5.97 Å². The van der Waals surface area contributed by atoms with Crippen molar-refractivity contribution < 1.29 is 24.0 Å². The predicted molar refractivity (Wildman–Crippen MR) is 101 cm³/mol. The van der Waals surface area contributed by atoms with Crippen molar-refractivity contribution in [1.82, 2.24) is 10.1 Å². The summed E-state index contributed by atoms with van der Waals surface area (Å²) < 4.78 is 5.06. The predicted octanol–water partition coefficient (Wildman–Crippen LogP) is 2.41. The Morgan fingerprint density at radius 2 is 1.82 bits per heavy atom. The maximum Gasteiger partial charge on any atom is 0.306 e. The number of carbonyl (C=O) groups excluding carboxylic acids is 2. The normalized spacial score (nSPS) is 14.7. The Morgan fingerprint density at radius 1 is 1.18 bits per heavy atom. The molecule has 1 aromatic heterocycles. The van der Waals surface area contributed by atoms with Crippen LogP contribution in [0.4, 0.5) is 5.69 Å². The van der Waals surface area contributed by atoms with Gasteiger partial charge in [-0.25, -0.2) is 0 Å². The van der Waals surface area contributed by atoms with Crippen molar-refractivity contribution in [3.63, 3.8) is 0 Å². The van der Waals surface area contributed by atoms with Gasteiger partial charge < -0.3 is 19.8 Å². The second-order valence-electron chi connectivity index (χ2n) is 7.01. The Balaban J connectivity index is 1.57. The van der Waals surface area contributed by atoms with Crippen molar-refractivity contribution >= 4 is 23.5 Å². The molecule has 0 spiro atoms. The number of aromatic nitrogens is 1. The molecule has 1 aliphatic heterocycles. The number of anilines is 1. The lowest BCUT2D eigenvalue weighted by atomic mass is 9.96. The number of carbonyl (C=O) groups is 3. The van der Waals surface area contributed by atoms with Crippen molar-refractivity contribution in [2.45, 2.75) is 33.1 Å². The van der Waals surface area contributed by atoms with Crippen LogP contribution in [0.2, 0.25) is 0 Å². The molecule has 0 aliphatic carbocycles. The minimum Gasteiger partial charge on any atom is -0.481 e. The number of likely N-dealkylation sites (tertiary alicyclic amines) is 1. The lowest BCUT2D eigenvalue weighted by molar-refractivity contribution is -0.143. The molecule has 0 bridgehead atoms. The van der Waals surface area contributed by atoms with Crippen molar-refractivity contribution in [2.75, 3.05) is 18.4 Å². The fraction of sp³-hybridized carbons (Fsp3) is 0.400. The van der Waals surface area contributed by atoms with Gasteiger partial charge in [0.1, 0.15) is 5.76 Å². The number of amides is 2. The topological polar surface area (TPSA) is 113 Å². The first-order chi connectivity index (χ1) is 13.3. The van der Waals surface area contributed by atoms with Gasteiger partial charge in [-0.1, -0.05) is 5.16 Å². The van der Waals surface area contributed by atoms with Gasteiger partial charge >= 0.3 is 5.97 Å². The van der Waals surface area contributed by atoms with Crippen molar-refractivity contribution in [2.24, 2.45) is 5.92 Å². The molecule has 1 fully saturated rings. The Bertz CT molecular complexity index is 860. The van der Waals surface area contributed by atoms with Crippen LogP contribution in [0.15, 0.2) is 28.8 Å². The smallest absolute Gasteiger partial charge is 0.306 e. The molecule has 1 saturated heterocycles.